The smallest absolute Gasteiger partial charge is 0.121 e. The van der Waals surface area contributed by atoms with Crippen LogP contribution < -0.4 is 5.32 Å². The molecule has 2 heteroatoms. The van der Waals surface area contributed by atoms with Crippen LogP contribution in [-0.4, -0.2) is 6.54 Å². The fourth-order valence-corrected chi connectivity index (χ4v) is 1.97. The molecule has 82 valence electrons. The third-order valence-corrected chi connectivity index (χ3v) is 2.92. The van der Waals surface area contributed by atoms with Gasteiger partial charge >= 0.3 is 0 Å². The van der Waals surface area contributed by atoms with Gasteiger partial charge in [0.25, 0.3) is 0 Å². The molecule has 2 rings (SSSR count). The highest BCUT2D eigenvalue weighted by molar-refractivity contribution is 5.38. The Labute approximate surface area is 96.6 Å². The van der Waals surface area contributed by atoms with Gasteiger partial charge < -0.3 is 0 Å². The van der Waals surface area contributed by atoms with Crippen LogP contribution in [0.4, 0.5) is 0 Å². The standard InChI is InChI=1S/C14H16N2/c1-2-9-16-14(10-15)13-6-4-3-5-12(13)11-7-8-11/h2-6,11,14,16H,1,7-9H2. The maximum atomic E-state index is 9.19. The molecule has 2 nitrogen and oxygen atoms in total. The van der Waals surface area contributed by atoms with Crippen LogP contribution in [0.15, 0.2) is 36.9 Å². The normalized spacial score (nSPS) is 16.4. The van der Waals surface area contributed by atoms with Gasteiger partial charge in [0.1, 0.15) is 6.04 Å². The van der Waals surface area contributed by atoms with Gasteiger partial charge in [-0.1, -0.05) is 30.3 Å². The highest BCUT2D eigenvalue weighted by Gasteiger charge is 2.27. The first-order chi connectivity index (χ1) is 7.86. The van der Waals surface area contributed by atoms with Gasteiger partial charge in [0.2, 0.25) is 0 Å². The Kier molecular flexibility index (Phi) is 3.38. The van der Waals surface area contributed by atoms with Crippen LogP contribution in [0.25, 0.3) is 0 Å². The van der Waals surface area contributed by atoms with E-state index in [1.165, 1.54) is 18.4 Å². The molecule has 0 bridgehead atoms. The Morgan fingerprint density at radius 2 is 2.25 bits per heavy atom. The van der Waals surface area contributed by atoms with Crippen molar-refractivity contribution in [2.75, 3.05) is 6.54 Å². The molecule has 1 atom stereocenters. The first-order valence-electron chi connectivity index (χ1n) is 5.69. The lowest BCUT2D eigenvalue weighted by molar-refractivity contribution is 0.676. The summed E-state index contributed by atoms with van der Waals surface area (Å²) >= 11 is 0. The maximum absolute atomic E-state index is 9.19. The van der Waals surface area contributed by atoms with Gasteiger partial charge in [-0.05, 0) is 29.9 Å². The lowest BCUT2D eigenvalue weighted by atomic mass is 9.98. The van der Waals surface area contributed by atoms with E-state index in [1.54, 1.807) is 6.08 Å². The zero-order valence-corrected chi connectivity index (χ0v) is 9.32. The van der Waals surface area contributed by atoms with Gasteiger partial charge in [-0.25, -0.2) is 0 Å². The van der Waals surface area contributed by atoms with Crippen molar-refractivity contribution in [3.8, 4) is 6.07 Å². The molecule has 1 unspecified atom stereocenters. The van der Waals surface area contributed by atoms with Crippen molar-refractivity contribution in [1.29, 1.82) is 5.26 Å². The summed E-state index contributed by atoms with van der Waals surface area (Å²) in [5.74, 6) is 0.678. The molecule has 0 spiro atoms. The van der Waals surface area contributed by atoms with Gasteiger partial charge in [0, 0.05) is 6.54 Å². The summed E-state index contributed by atoms with van der Waals surface area (Å²) in [4.78, 5) is 0. The monoisotopic (exact) mass is 212 g/mol. The van der Waals surface area contributed by atoms with Crippen LogP contribution in [0.5, 0.6) is 0 Å². The lowest BCUT2D eigenvalue weighted by Gasteiger charge is -2.14. The molecule has 0 heterocycles. The number of hydrogen-bond donors (Lipinski definition) is 1. The van der Waals surface area contributed by atoms with Crippen LogP contribution in [0.1, 0.15) is 35.9 Å². The minimum Gasteiger partial charge on any atom is -0.295 e. The highest BCUT2D eigenvalue weighted by Crippen LogP contribution is 2.42. The molecular formula is C14H16N2. The number of rotatable bonds is 5. The number of benzene rings is 1. The number of nitrogens with one attached hydrogen (secondary N) is 1. The minimum atomic E-state index is -0.213. The molecule has 1 N–H and O–H groups in total. The van der Waals surface area contributed by atoms with Crippen molar-refractivity contribution >= 4 is 0 Å². The zero-order valence-electron chi connectivity index (χ0n) is 9.32. The Bertz CT molecular complexity index is 413. The van der Waals surface area contributed by atoms with E-state index in [4.69, 9.17) is 0 Å². The number of nitrogens with zero attached hydrogens (tertiary/aromatic N) is 1. The van der Waals surface area contributed by atoms with Gasteiger partial charge in [0.05, 0.1) is 6.07 Å². The summed E-state index contributed by atoms with van der Waals surface area (Å²) in [5, 5.41) is 12.4. The van der Waals surface area contributed by atoms with E-state index in [9.17, 15) is 5.26 Å². The second kappa shape index (κ2) is 4.96. The van der Waals surface area contributed by atoms with E-state index < -0.39 is 0 Å². The van der Waals surface area contributed by atoms with Crippen LogP contribution in [0.2, 0.25) is 0 Å². The second-order valence-corrected chi connectivity index (χ2v) is 4.16. The van der Waals surface area contributed by atoms with Crippen molar-refractivity contribution in [3.05, 3.63) is 48.0 Å². The summed E-state index contributed by atoms with van der Waals surface area (Å²) in [6, 6.07) is 10.4. The molecule has 0 amide bonds. The average Bonchev–Trinajstić information content (AvgIpc) is 3.15. The SMILES string of the molecule is C=CCNC(C#N)c1ccccc1C1CC1. The second-order valence-electron chi connectivity index (χ2n) is 4.16. The van der Waals surface area contributed by atoms with Gasteiger partial charge in [-0.2, -0.15) is 5.26 Å². The third-order valence-electron chi connectivity index (χ3n) is 2.92. The molecule has 0 radical (unpaired) electrons. The number of hydrogen-bond acceptors (Lipinski definition) is 2. The van der Waals surface area contributed by atoms with Crippen molar-refractivity contribution < 1.29 is 0 Å². The van der Waals surface area contributed by atoms with E-state index in [0.29, 0.717) is 12.5 Å². The Morgan fingerprint density at radius 3 is 2.88 bits per heavy atom. The molecule has 1 saturated carbocycles. The summed E-state index contributed by atoms with van der Waals surface area (Å²) in [5.41, 5.74) is 2.47. The van der Waals surface area contributed by atoms with E-state index in [0.717, 1.165) is 5.56 Å². The van der Waals surface area contributed by atoms with Crippen LogP contribution >= 0.6 is 0 Å². The van der Waals surface area contributed by atoms with Gasteiger partial charge in [0.15, 0.2) is 0 Å². The van der Waals surface area contributed by atoms with Crippen molar-refractivity contribution in [2.24, 2.45) is 0 Å². The quantitative estimate of drug-likeness (QED) is 0.762. The van der Waals surface area contributed by atoms with Gasteiger partial charge in [-0.15, -0.1) is 6.58 Å². The van der Waals surface area contributed by atoms with Crippen LogP contribution in [0, 0.1) is 11.3 Å². The molecule has 1 aliphatic carbocycles. The summed E-state index contributed by atoms with van der Waals surface area (Å²) in [6.07, 6.45) is 4.30. The molecule has 0 aliphatic heterocycles. The van der Waals surface area contributed by atoms with E-state index in [-0.39, 0.29) is 6.04 Å². The number of nitriles is 1. The molecule has 0 aromatic heterocycles. The Hall–Kier alpha value is -1.59. The molecule has 16 heavy (non-hydrogen) atoms. The van der Waals surface area contributed by atoms with Crippen molar-refractivity contribution in [3.63, 3.8) is 0 Å². The molecule has 1 aliphatic rings. The first kappa shape index (κ1) is 10.9. The molecular weight excluding hydrogens is 196 g/mol. The Morgan fingerprint density at radius 1 is 1.50 bits per heavy atom. The van der Waals surface area contributed by atoms with E-state index in [1.807, 2.05) is 6.07 Å². The maximum Gasteiger partial charge on any atom is 0.121 e. The topological polar surface area (TPSA) is 35.8 Å². The highest BCUT2D eigenvalue weighted by atomic mass is 14.9. The fourth-order valence-electron chi connectivity index (χ4n) is 1.97. The predicted octanol–water partition coefficient (Wildman–Crippen LogP) is 2.90. The van der Waals surface area contributed by atoms with Gasteiger partial charge in [-0.3, -0.25) is 5.32 Å². The van der Waals surface area contributed by atoms with Crippen LogP contribution in [-0.2, 0) is 0 Å². The first-order valence-corrected chi connectivity index (χ1v) is 5.69. The third kappa shape index (κ3) is 2.32. The van der Waals surface area contributed by atoms with Crippen molar-refractivity contribution in [1.82, 2.24) is 5.32 Å². The molecule has 1 aromatic rings. The fraction of sp³-hybridized carbons (Fsp3) is 0.357. The van der Waals surface area contributed by atoms with E-state index >= 15 is 0 Å². The summed E-state index contributed by atoms with van der Waals surface area (Å²) in [7, 11) is 0. The molecule has 1 aromatic carbocycles. The molecule has 0 saturated heterocycles. The largest absolute Gasteiger partial charge is 0.295 e. The molecule has 1 fully saturated rings. The zero-order chi connectivity index (χ0) is 11.4. The van der Waals surface area contributed by atoms with Crippen molar-refractivity contribution in [2.45, 2.75) is 24.8 Å². The Balaban J connectivity index is 2.23. The summed E-state index contributed by atoms with van der Waals surface area (Å²) < 4.78 is 0. The van der Waals surface area contributed by atoms with E-state index in [2.05, 4.69) is 36.2 Å². The minimum absolute atomic E-state index is 0.213. The van der Waals surface area contributed by atoms with Crippen LogP contribution in [0.3, 0.4) is 0 Å². The predicted molar refractivity (Wildman–Crippen MR) is 65.0 cm³/mol. The summed E-state index contributed by atoms with van der Waals surface area (Å²) in [6.45, 7) is 4.32. The average molecular weight is 212 g/mol. The lowest BCUT2D eigenvalue weighted by Crippen LogP contribution is -2.20.